The van der Waals surface area contributed by atoms with Crippen molar-refractivity contribution in [1.29, 1.82) is 0 Å². The van der Waals surface area contributed by atoms with E-state index in [1.807, 2.05) is 6.07 Å². The molecule has 0 amide bonds. The summed E-state index contributed by atoms with van der Waals surface area (Å²) in [5, 5.41) is 0.917. The maximum Gasteiger partial charge on any atom is 0.227 e. The summed E-state index contributed by atoms with van der Waals surface area (Å²) in [6.07, 6.45) is 4.98. The number of hydrogen-bond donors (Lipinski definition) is 0. The monoisotopic (exact) mass is 159 g/mol. The van der Waals surface area contributed by atoms with Crippen molar-refractivity contribution in [3.63, 3.8) is 0 Å². The van der Waals surface area contributed by atoms with Gasteiger partial charge in [0, 0.05) is 30.8 Å². The third kappa shape index (κ3) is 0.906. The van der Waals surface area contributed by atoms with Crippen molar-refractivity contribution in [3.05, 3.63) is 30.7 Å². The SMILES string of the molecule is CC(=O)n1ccc2[c]cncc21. The van der Waals surface area contributed by atoms with Crippen molar-refractivity contribution >= 4 is 16.8 Å². The number of nitrogens with zero attached hydrogens (tertiary/aromatic N) is 2. The molecule has 0 N–H and O–H groups in total. The molecule has 3 nitrogen and oxygen atoms in total. The van der Waals surface area contributed by atoms with Crippen LogP contribution in [0.2, 0.25) is 0 Å². The lowest BCUT2D eigenvalue weighted by molar-refractivity contribution is 0.0941. The molecule has 0 fully saturated rings. The molecule has 0 aliphatic heterocycles. The molecule has 0 aliphatic rings. The number of carbonyl (C=O) groups excluding carboxylic acids is 1. The molecular weight excluding hydrogens is 152 g/mol. The molecule has 2 rings (SSSR count). The topological polar surface area (TPSA) is 34.9 Å². The molecule has 0 spiro atoms. The van der Waals surface area contributed by atoms with Crippen molar-refractivity contribution in [2.45, 2.75) is 6.92 Å². The minimum atomic E-state index is -0.00796. The Balaban J connectivity index is 2.79. The summed E-state index contributed by atoms with van der Waals surface area (Å²) < 4.78 is 1.55. The Morgan fingerprint density at radius 1 is 1.67 bits per heavy atom. The lowest BCUT2D eigenvalue weighted by Crippen LogP contribution is -2.02. The number of hydrogen-bond acceptors (Lipinski definition) is 2. The van der Waals surface area contributed by atoms with Gasteiger partial charge in [0.05, 0.1) is 11.7 Å². The third-order valence-electron chi connectivity index (χ3n) is 1.76. The molecule has 2 heterocycles. The van der Waals surface area contributed by atoms with Crippen LogP contribution in [0.1, 0.15) is 11.7 Å². The largest absolute Gasteiger partial charge is 0.286 e. The second kappa shape index (κ2) is 2.44. The minimum absolute atomic E-state index is 0.00796. The lowest BCUT2D eigenvalue weighted by atomic mass is 10.3. The van der Waals surface area contributed by atoms with Gasteiger partial charge in [0.1, 0.15) is 0 Å². The van der Waals surface area contributed by atoms with Gasteiger partial charge < -0.3 is 0 Å². The van der Waals surface area contributed by atoms with Crippen molar-refractivity contribution in [1.82, 2.24) is 9.55 Å². The van der Waals surface area contributed by atoms with Crippen LogP contribution in [-0.2, 0) is 0 Å². The molecule has 1 radical (unpaired) electrons. The van der Waals surface area contributed by atoms with Crippen LogP contribution < -0.4 is 0 Å². The van der Waals surface area contributed by atoms with E-state index >= 15 is 0 Å². The second-order valence-corrected chi connectivity index (χ2v) is 2.56. The zero-order valence-electron chi connectivity index (χ0n) is 6.61. The van der Waals surface area contributed by atoms with Gasteiger partial charge in [-0.2, -0.15) is 0 Å². The van der Waals surface area contributed by atoms with E-state index in [2.05, 4.69) is 11.1 Å². The van der Waals surface area contributed by atoms with E-state index in [-0.39, 0.29) is 5.91 Å². The summed E-state index contributed by atoms with van der Waals surface area (Å²) in [4.78, 5) is 14.9. The Hall–Kier alpha value is -1.64. The molecule has 0 saturated heterocycles. The summed E-state index contributed by atoms with van der Waals surface area (Å²) in [5.41, 5.74) is 0.810. The molecule has 12 heavy (non-hydrogen) atoms. The Morgan fingerprint density at radius 2 is 2.50 bits per heavy atom. The molecule has 0 atom stereocenters. The molecule has 59 valence electrons. The quantitative estimate of drug-likeness (QED) is 0.583. The molecule has 0 aliphatic carbocycles. The van der Waals surface area contributed by atoms with Crippen LogP contribution in [0.15, 0.2) is 24.7 Å². The van der Waals surface area contributed by atoms with Crippen LogP contribution in [0.25, 0.3) is 10.9 Å². The van der Waals surface area contributed by atoms with Gasteiger partial charge in [-0.05, 0) is 6.07 Å². The fraction of sp³-hybridized carbons (Fsp3) is 0.111. The summed E-state index contributed by atoms with van der Waals surface area (Å²) in [5.74, 6) is -0.00796. The first kappa shape index (κ1) is 7.03. The van der Waals surface area contributed by atoms with Crippen molar-refractivity contribution < 1.29 is 4.79 Å². The van der Waals surface area contributed by atoms with Crippen molar-refractivity contribution in [2.24, 2.45) is 0 Å². The normalized spacial score (nSPS) is 10.4. The number of aromatic nitrogens is 2. The molecule has 2 aromatic rings. The third-order valence-corrected chi connectivity index (χ3v) is 1.76. The first-order valence-electron chi connectivity index (χ1n) is 3.63. The van der Waals surface area contributed by atoms with Gasteiger partial charge in [0.15, 0.2) is 0 Å². The van der Waals surface area contributed by atoms with Gasteiger partial charge in [-0.15, -0.1) is 0 Å². The van der Waals surface area contributed by atoms with Crippen LogP contribution in [0.3, 0.4) is 0 Å². The highest BCUT2D eigenvalue weighted by atomic mass is 16.1. The van der Waals surface area contributed by atoms with Gasteiger partial charge in [0.25, 0.3) is 0 Å². The van der Waals surface area contributed by atoms with Crippen molar-refractivity contribution in [3.8, 4) is 0 Å². The van der Waals surface area contributed by atoms with Gasteiger partial charge in [-0.1, -0.05) is 0 Å². The zero-order valence-corrected chi connectivity index (χ0v) is 6.61. The highest BCUT2D eigenvalue weighted by Gasteiger charge is 2.02. The predicted octanol–water partition coefficient (Wildman–Crippen LogP) is 1.50. The highest BCUT2D eigenvalue weighted by Crippen LogP contribution is 2.12. The van der Waals surface area contributed by atoms with Gasteiger partial charge in [0.2, 0.25) is 5.91 Å². The molecule has 0 aromatic carbocycles. The molecule has 0 bridgehead atoms. The lowest BCUT2D eigenvalue weighted by Gasteiger charge is -1.96. The van der Waals surface area contributed by atoms with E-state index < -0.39 is 0 Å². The number of fused-ring (bicyclic) bond motifs is 1. The van der Waals surface area contributed by atoms with E-state index in [0.717, 1.165) is 10.9 Å². The Kier molecular flexibility index (Phi) is 1.43. The molecule has 3 heteroatoms. The van der Waals surface area contributed by atoms with Crippen LogP contribution in [0, 0.1) is 6.07 Å². The molecule has 0 unspecified atom stereocenters. The van der Waals surface area contributed by atoms with Crippen molar-refractivity contribution in [2.75, 3.05) is 0 Å². The summed E-state index contributed by atoms with van der Waals surface area (Å²) in [7, 11) is 0. The molecule has 2 aromatic heterocycles. The van der Waals surface area contributed by atoms with Crippen LogP contribution >= 0.6 is 0 Å². The smallest absolute Gasteiger partial charge is 0.227 e. The summed E-state index contributed by atoms with van der Waals surface area (Å²) >= 11 is 0. The van der Waals surface area contributed by atoms with Crippen LogP contribution in [-0.4, -0.2) is 15.5 Å². The fourth-order valence-electron chi connectivity index (χ4n) is 1.19. The molecule has 0 saturated carbocycles. The Bertz CT molecular complexity index is 431. The van der Waals surface area contributed by atoms with E-state index in [9.17, 15) is 4.79 Å². The second-order valence-electron chi connectivity index (χ2n) is 2.56. The van der Waals surface area contributed by atoms with E-state index in [1.165, 1.54) is 6.92 Å². The Morgan fingerprint density at radius 3 is 3.25 bits per heavy atom. The average molecular weight is 159 g/mol. The summed E-state index contributed by atoms with van der Waals surface area (Å²) in [6, 6.07) is 4.79. The van der Waals surface area contributed by atoms with Crippen LogP contribution in [0.4, 0.5) is 0 Å². The molecular formula is C9H7N2O. The summed E-state index contributed by atoms with van der Waals surface area (Å²) in [6.45, 7) is 1.52. The van der Waals surface area contributed by atoms with E-state index in [0.29, 0.717) is 0 Å². The standard InChI is InChI=1S/C9H7N2O/c1-7(12)11-5-3-8-2-4-10-6-9(8)11/h3-6H,1H3. The Labute approximate surface area is 69.6 Å². The first-order valence-corrected chi connectivity index (χ1v) is 3.63. The average Bonchev–Trinajstić information content (AvgIpc) is 2.47. The minimum Gasteiger partial charge on any atom is -0.286 e. The van der Waals surface area contributed by atoms with Gasteiger partial charge in [-0.25, -0.2) is 0 Å². The number of carbonyl (C=O) groups is 1. The van der Waals surface area contributed by atoms with Gasteiger partial charge in [-0.3, -0.25) is 14.3 Å². The van der Waals surface area contributed by atoms with E-state index in [4.69, 9.17) is 0 Å². The van der Waals surface area contributed by atoms with Crippen LogP contribution in [0.5, 0.6) is 0 Å². The number of pyridine rings is 1. The van der Waals surface area contributed by atoms with Gasteiger partial charge >= 0.3 is 0 Å². The van der Waals surface area contributed by atoms with E-state index in [1.54, 1.807) is 23.2 Å². The highest BCUT2D eigenvalue weighted by molar-refractivity contribution is 5.90. The zero-order chi connectivity index (χ0) is 8.55. The maximum absolute atomic E-state index is 11.0. The fourth-order valence-corrected chi connectivity index (χ4v) is 1.19. The predicted molar refractivity (Wildman–Crippen MR) is 44.9 cm³/mol. The number of rotatable bonds is 0. The maximum atomic E-state index is 11.0. The first-order chi connectivity index (χ1) is 5.79.